The maximum atomic E-state index is 10.5. The van der Waals surface area contributed by atoms with Crippen molar-refractivity contribution >= 4 is 5.97 Å². The summed E-state index contributed by atoms with van der Waals surface area (Å²) in [4.78, 5) is 10.5. The highest BCUT2D eigenvalue weighted by atomic mass is 16.5. The lowest BCUT2D eigenvalue weighted by Gasteiger charge is -1.99. The van der Waals surface area contributed by atoms with Gasteiger partial charge in [-0.05, 0) is 44.9 Å². The summed E-state index contributed by atoms with van der Waals surface area (Å²) < 4.78 is 4.86. The molecule has 0 aliphatic rings. The molecule has 2 heteroatoms. The first-order chi connectivity index (χ1) is 8.77. The quantitative estimate of drug-likeness (QED) is 0.283. The van der Waals surface area contributed by atoms with Crippen LogP contribution in [0.5, 0.6) is 0 Å². The largest absolute Gasteiger partial charge is 0.466 e. The summed E-state index contributed by atoms with van der Waals surface area (Å²) in [6, 6.07) is 0. The molecular formula is C16H28O2. The van der Waals surface area contributed by atoms with E-state index in [-0.39, 0.29) is 5.97 Å². The second-order valence-electron chi connectivity index (χ2n) is 4.59. The topological polar surface area (TPSA) is 26.3 Å². The van der Waals surface area contributed by atoms with Gasteiger partial charge in [0.1, 0.15) is 0 Å². The number of hydrogen-bond donors (Lipinski definition) is 0. The van der Waals surface area contributed by atoms with E-state index in [1.54, 1.807) is 0 Å². The van der Waals surface area contributed by atoms with Gasteiger partial charge in [-0.25, -0.2) is 0 Å². The Morgan fingerprint density at radius 2 is 1.50 bits per heavy atom. The molecule has 0 aliphatic heterocycles. The number of carbonyl (C=O) groups excluding carboxylic acids is 1. The molecule has 0 aromatic carbocycles. The number of ether oxygens (including phenoxy) is 1. The lowest BCUT2D eigenvalue weighted by Crippen LogP contribution is -1.99. The fraction of sp³-hybridized carbons (Fsp3) is 0.688. The second-order valence-corrected chi connectivity index (χ2v) is 4.59. The lowest BCUT2D eigenvalue weighted by molar-refractivity contribution is -0.141. The van der Waals surface area contributed by atoms with Gasteiger partial charge in [0, 0.05) is 6.92 Å². The van der Waals surface area contributed by atoms with E-state index in [2.05, 4.69) is 18.7 Å². The Morgan fingerprint density at radius 1 is 0.944 bits per heavy atom. The number of hydrogen-bond acceptors (Lipinski definition) is 2. The number of allylic oxidation sites excluding steroid dienone is 3. The third-order valence-corrected chi connectivity index (χ3v) is 2.77. The minimum Gasteiger partial charge on any atom is -0.466 e. The first-order valence-electron chi connectivity index (χ1n) is 7.16. The molecule has 0 saturated heterocycles. The van der Waals surface area contributed by atoms with E-state index < -0.39 is 0 Å². The third kappa shape index (κ3) is 14.9. The molecule has 0 N–H and O–H groups in total. The molecule has 0 aromatic rings. The molecular weight excluding hydrogens is 224 g/mol. The van der Waals surface area contributed by atoms with Gasteiger partial charge < -0.3 is 4.74 Å². The van der Waals surface area contributed by atoms with Crippen molar-refractivity contribution in [2.75, 3.05) is 6.61 Å². The van der Waals surface area contributed by atoms with Crippen molar-refractivity contribution in [1.82, 2.24) is 0 Å². The summed E-state index contributed by atoms with van der Waals surface area (Å²) in [7, 11) is 0. The van der Waals surface area contributed by atoms with E-state index in [1.807, 2.05) is 6.08 Å². The molecule has 0 atom stereocenters. The Labute approximate surface area is 112 Å². The van der Waals surface area contributed by atoms with Gasteiger partial charge in [-0.3, -0.25) is 4.79 Å². The van der Waals surface area contributed by atoms with Crippen molar-refractivity contribution in [1.29, 1.82) is 0 Å². The van der Waals surface area contributed by atoms with Crippen molar-refractivity contribution in [2.45, 2.75) is 64.7 Å². The molecule has 0 fully saturated rings. The molecule has 2 nitrogen and oxygen atoms in total. The smallest absolute Gasteiger partial charge is 0.302 e. The van der Waals surface area contributed by atoms with Gasteiger partial charge in [0.05, 0.1) is 6.61 Å². The monoisotopic (exact) mass is 252 g/mol. The SMILES string of the molecule is C=CCCCCCCC=CCCCCOC(C)=O. The van der Waals surface area contributed by atoms with Crippen molar-refractivity contribution in [3.05, 3.63) is 24.8 Å². The molecule has 0 spiro atoms. The molecule has 104 valence electrons. The molecule has 18 heavy (non-hydrogen) atoms. The van der Waals surface area contributed by atoms with Crippen LogP contribution in [-0.2, 0) is 9.53 Å². The Balaban J connectivity index is 3.09. The second kappa shape index (κ2) is 14.0. The average Bonchev–Trinajstić information content (AvgIpc) is 2.34. The predicted molar refractivity (Wildman–Crippen MR) is 77.5 cm³/mol. The summed E-state index contributed by atoms with van der Waals surface area (Å²) >= 11 is 0. The Hall–Kier alpha value is -1.05. The van der Waals surface area contributed by atoms with E-state index in [9.17, 15) is 4.79 Å². The zero-order valence-electron chi connectivity index (χ0n) is 11.8. The van der Waals surface area contributed by atoms with Crippen LogP contribution < -0.4 is 0 Å². The summed E-state index contributed by atoms with van der Waals surface area (Å²) in [5.74, 6) is -0.179. The number of esters is 1. The van der Waals surface area contributed by atoms with Crippen LogP contribution in [0.3, 0.4) is 0 Å². The zero-order chi connectivity index (χ0) is 13.5. The van der Waals surface area contributed by atoms with E-state index in [0.29, 0.717) is 6.61 Å². The van der Waals surface area contributed by atoms with Crippen molar-refractivity contribution < 1.29 is 9.53 Å². The van der Waals surface area contributed by atoms with Crippen LogP contribution in [0.4, 0.5) is 0 Å². The third-order valence-electron chi connectivity index (χ3n) is 2.77. The van der Waals surface area contributed by atoms with Crippen LogP contribution in [0.1, 0.15) is 64.7 Å². The van der Waals surface area contributed by atoms with Crippen molar-refractivity contribution in [3.8, 4) is 0 Å². The van der Waals surface area contributed by atoms with Gasteiger partial charge in [-0.1, -0.05) is 31.1 Å². The molecule has 0 aromatic heterocycles. The maximum absolute atomic E-state index is 10.5. The van der Waals surface area contributed by atoms with Crippen molar-refractivity contribution in [2.24, 2.45) is 0 Å². The van der Waals surface area contributed by atoms with Crippen LogP contribution in [0, 0.1) is 0 Å². The highest BCUT2D eigenvalue weighted by Gasteiger charge is 1.91. The molecule has 0 saturated carbocycles. The van der Waals surface area contributed by atoms with E-state index >= 15 is 0 Å². The van der Waals surface area contributed by atoms with Gasteiger partial charge in [-0.15, -0.1) is 6.58 Å². The summed E-state index contributed by atoms with van der Waals surface area (Å²) in [5, 5.41) is 0. The van der Waals surface area contributed by atoms with Crippen LogP contribution >= 0.6 is 0 Å². The first kappa shape index (κ1) is 16.9. The minimum absolute atomic E-state index is 0.179. The molecule has 0 heterocycles. The van der Waals surface area contributed by atoms with E-state index in [4.69, 9.17) is 4.74 Å². The summed E-state index contributed by atoms with van der Waals surface area (Å²) in [6.07, 6.45) is 17.2. The Morgan fingerprint density at radius 3 is 2.06 bits per heavy atom. The summed E-state index contributed by atoms with van der Waals surface area (Å²) in [5.41, 5.74) is 0. The highest BCUT2D eigenvalue weighted by Crippen LogP contribution is 2.06. The zero-order valence-corrected chi connectivity index (χ0v) is 11.8. The standard InChI is InChI=1S/C16H28O2/c1-3-4-5-6-7-8-9-10-11-12-13-14-15-18-16(2)17/h3,10-11H,1,4-9,12-15H2,2H3. The van der Waals surface area contributed by atoms with Crippen molar-refractivity contribution in [3.63, 3.8) is 0 Å². The van der Waals surface area contributed by atoms with Gasteiger partial charge >= 0.3 is 5.97 Å². The Bertz CT molecular complexity index is 231. The van der Waals surface area contributed by atoms with Gasteiger partial charge in [-0.2, -0.15) is 0 Å². The fourth-order valence-electron chi connectivity index (χ4n) is 1.72. The molecule has 0 aliphatic carbocycles. The van der Waals surface area contributed by atoms with E-state index in [0.717, 1.165) is 25.7 Å². The van der Waals surface area contributed by atoms with Crippen LogP contribution in [0.25, 0.3) is 0 Å². The molecule has 0 unspecified atom stereocenters. The highest BCUT2D eigenvalue weighted by molar-refractivity contribution is 5.65. The lowest BCUT2D eigenvalue weighted by atomic mass is 10.1. The fourth-order valence-corrected chi connectivity index (χ4v) is 1.72. The molecule has 0 bridgehead atoms. The van der Waals surface area contributed by atoms with Gasteiger partial charge in [0.25, 0.3) is 0 Å². The van der Waals surface area contributed by atoms with Crippen LogP contribution in [0.2, 0.25) is 0 Å². The number of unbranched alkanes of at least 4 members (excludes halogenated alkanes) is 7. The number of rotatable bonds is 12. The first-order valence-corrected chi connectivity index (χ1v) is 7.16. The van der Waals surface area contributed by atoms with Gasteiger partial charge in [0.2, 0.25) is 0 Å². The summed E-state index contributed by atoms with van der Waals surface area (Å²) in [6.45, 7) is 5.74. The minimum atomic E-state index is -0.179. The maximum Gasteiger partial charge on any atom is 0.302 e. The molecule has 0 amide bonds. The van der Waals surface area contributed by atoms with E-state index in [1.165, 1.54) is 39.0 Å². The average molecular weight is 252 g/mol. The van der Waals surface area contributed by atoms with Crippen LogP contribution in [0.15, 0.2) is 24.8 Å². The molecule has 0 rings (SSSR count). The normalized spacial score (nSPS) is 10.7. The molecule has 0 radical (unpaired) electrons. The number of carbonyl (C=O) groups is 1. The van der Waals surface area contributed by atoms with Gasteiger partial charge in [0.15, 0.2) is 0 Å². The van der Waals surface area contributed by atoms with Crippen LogP contribution in [-0.4, -0.2) is 12.6 Å². The Kier molecular flexibility index (Phi) is 13.2. The predicted octanol–water partition coefficient (Wildman–Crippen LogP) is 4.80.